The van der Waals surface area contributed by atoms with Crippen LogP contribution in [-0.4, -0.2) is 51.4 Å². The number of hydrogen-bond donors (Lipinski definition) is 1. The lowest BCUT2D eigenvalue weighted by atomic mass is 9.62. The first-order chi connectivity index (χ1) is 23.4. The van der Waals surface area contributed by atoms with Gasteiger partial charge >= 0.3 is 0 Å². The number of ether oxygens (including phenoxy) is 2. The van der Waals surface area contributed by atoms with Gasteiger partial charge in [0.2, 0.25) is 16.0 Å². The standard InChI is InChI=1S/C38H43ClFN3O5S/c1-24-7-5-18-38(47-3,34-9-4-10-35(40)41-34)31-14-11-28(31)21-43-22-37(17-6-8-26-19-29(39)13-15-30(26)37)23-48-33-16-12-27(20-32(33)43)36(44)42-49(45,46)25(24)2/h4-5,9-10,12-13,15-16,18-20,24-25,28,31H,6-8,11,14,17,21-23H2,1-3H3,(H,42,44)/b18-5+/t24-,25+,28-,31+,37-,38+/m0/s1. The van der Waals surface area contributed by atoms with Crippen LogP contribution in [0.15, 0.2) is 66.7 Å². The molecule has 1 aromatic heterocycles. The summed E-state index contributed by atoms with van der Waals surface area (Å²) in [5.74, 6) is -0.854. The molecule has 2 aromatic carbocycles. The van der Waals surface area contributed by atoms with E-state index in [0.29, 0.717) is 42.6 Å². The minimum absolute atomic E-state index is 0.0417. The molecule has 2 aliphatic carbocycles. The average molecular weight is 708 g/mol. The molecule has 6 atom stereocenters. The quantitative estimate of drug-likeness (QED) is 0.227. The van der Waals surface area contributed by atoms with E-state index in [9.17, 15) is 17.6 Å². The molecule has 0 saturated heterocycles. The van der Waals surface area contributed by atoms with Crippen molar-refractivity contribution in [1.82, 2.24) is 9.71 Å². The maximum absolute atomic E-state index is 14.7. The van der Waals surface area contributed by atoms with E-state index in [1.165, 1.54) is 17.2 Å². The predicted molar refractivity (Wildman–Crippen MR) is 188 cm³/mol. The van der Waals surface area contributed by atoms with Crippen LogP contribution in [0.5, 0.6) is 5.75 Å². The number of hydrogen-bond acceptors (Lipinski definition) is 7. The molecular weight excluding hydrogens is 665 g/mol. The zero-order valence-corrected chi connectivity index (χ0v) is 29.7. The minimum atomic E-state index is -4.02. The van der Waals surface area contributed by atoms with E-state index in [-0.39, 0.29) is 28.7 Å². The maximum Gasteiger partial charge on any atom is 0.264 e. The number of pyridine rings is 1. The van der Waals surface area contributed by atoms with E-state index < -0.39 is 32.7 Å². The van der Waals surface area contributed by atoms with Crippen molar-refractivity contribution in [3.8, 4) is 5.75 Å². The van der Waals surface area contributed by atoms with Gasteiger partial charge in [-0.3, -0.25) is 4.79 Å². The van der Waals surface area contributed by atoms with Gasteiger partial charge in [-0.05, 0) is 111 Å². The normalized spacial score (nSPS) is 31.7. The number of fused-ring (bicyclic) bond motifs is 4. The molecule has 260 valence electrons. The minimum Gasteiger partial charge on any atom is -0.490 e. The van der Waals surface area contributed by atoms with Crippen molar-refractivity contribution in [2.75, 3.05) is 31.7 Å². The van der Waals surface area contributed by atoms with Gasteiger partial charge in [-0.25, -0.2) is 18.1 Å². The van der Waals surface area contributed by atoms with Gasteiger partial charge in [0, 0.05) is 42.1 Å². The van der Waals surface area contributed by atoms with Crippen LogP contribution in [0.1, 0.15) is 73.1 Å². The van der Waals surface area contributed by atoms with Crippen molar-refractivity contribution < 1.29 is 27.1 Å². The fourth-order valence-corrected chi connectivity index (χ4v) is 9.96. The topological polar surface area (TPSA) is 97.8 Å². The van der Waals surface area contributed by atoms with Crippen molar-refractivity contribution in [2.24, 2.45) is 17.8 Å². The monoisotopic (exact) mass is 707 g/mol. The Morgan fingerprint density at radius 1 is 1.12 bits per heavy atom. The van der Waals surface area contributed by atoms with Crippen molar-refractivity contribution in [3.63, 3.8) is 0 Å². The second kappa shape index (κ2) is 13.0. The highest BCUT2D eigenvalue weighted by atomic mass is 35.5. The zero-order valence-electron chi connectivity index (χ0n) is 28.1. The van der Waals surface area contributed by atoms with Crippen molar-refractivity contribution >= 4 is 33.2 Å². The number of halogens is 2. The number of sulfonamides is 1. The molecule has 4 aliphatic rings. The Hall–Kier alpha value is -3.47. The highest BCUT2D eigenvalue weighted by molar-refractivity contribution is 7.90. The third-order valence-corrected chi connectivity index (χ3v) is 13.7. The van der Waals surface area contributed by atoms with Crippen LogP contribution in [0.3, 0.4) is 0 Å². The number of rotatable bonds is 2. The van der Waals surface area contributed by atoms with E-state index in [2.05, 4.69) is 26.7 Å². The number of anilines is 1. The summed E-state index contributed by atoms with van der Waals surface area (Å²) in [4.78, 5) is 20.2. The Bertz CT molecular complexity index is 1910. The highest BCUT2D eigenvalue weighted by Crippen LogP contribution is 2.52. The summed E-state index contributed by atoms with van der Waals surface area (Å²) < 4.78 is 57.0. The molecule has 3 heterocycles. The van der Waals surface area contributed by atoms with Crippen LogP contribution in [-0.2, 0) is 32.2 Å². The molecule has 1 saturated carbocycles. The van der Waals surface area contributed by atoms with Gasteiger partial charge in [-0.2, -0.15) is 4.39 Å². The van der Waals surface area contributed by atoms with E-state index in [4.69, 9.17) is 21.1 Å². The molecule has 0 radical (unpaired) electrons. The SMILES string of the molecule is CO[C@]1(c2cccc(F)n2)/C=C/C[C@H](C)[C@@H](C)S(=O)(=O)NC(=O)c2ccc3c(c2)N(C[C@@H]2CC[C@H]21)C[C@@]1(CCCc2cc(Cl)ccc21)CO3. The Balaban J connectivity index is 1.37. The highest BCUT2D eigenvalue weighted by Gasteiger charge is 2.50. The van der Waals surface area contributed by atoms with E-state index >= 15 is 0 Å². The number of nitrogens with zero attached hydrogens (tertiary/aromatic N) is 2. The lowest BCUT2D eigenvalue weighted by molar-refractivity contribution is -0.0834. The Morgan fingerprint density at radius 2 is 1.96 bits per heavy atom. The Kier molecular flexibility index (Phi) is 9.03. The summed E-state index contributed by atoms with van der Waals surface area (Å²) in [5, 5.41) is -0.157. The molecule has 2 bridgehead atoms. The van der Waals surface area contributed by atoms with Crippen LogP contribution in [0.4, 0.5) is 10.1 Å². The van der Waals surface area contributed by atoms with Crippen molar-refractivity contribution in [1.29, 1.82) is 0 Å². The van der Waals surface area contributed by atoms with Gasteiger partial charge in [0.15, 0.2) is 0 Å². The van der Waals surface area contributed by atoms with Gasteiger partial charge in [0.1, 0.15) is 11.4 Å². The van der Waals surface area contributed by atoms with Crippen LogP contribution >= 0.6 is 11.6 Å². The summed E-state index contributed by atoms with van der Waals surface area (Å²) in [6.07, 6.45) is 8.89. The number of aryl methyl sites for hydroxylation is 1. The molecule has 7 rings (SSSR count). The van der Waals surface area contributed by atoms with E-state index in [1.807, 2.05) is 25.1 Å². The van der Waals surface area contributed by atoms with Crippen LogP contribution in [0.25, 0.3) is 0 Å². The second-order valence-corrected chi connectivity index (χ2v) is 16.8. The third kappa shape index (κ3) is 6.14. The molecule has 1 spiro atoms. The fourth-order valence-electron chi connectivity index (χ4n) is 8.48. The lowest BCUT2D eigenvalue weighted by Gasteiger charge is -2.50. The average Bonchev–Trinajstić information content (AvgIpc) is 3.21. The molecule has 1 fully saturated rings. The van der Waals surface area contributed by atoms with Crippen molar-refractivity contribution in [2.45, 2.75) is 68.6 Å². The number of allylic oxidation sites excluding steroid dienone is 1. The van der Waals surface area contributed by atoms with E-state index in [0.717, 1.165) is 37.8 Å². The number of aromatic nitrogens is 1. The van der Waals surface area contributed by atoms with Gasteiger partial charge in [-0.1, -0.05) is 42.8 Å². The molecule has 8 nitrogen and oxygen atoms in total. The molecule has 0 unspecified atom stereocenters. The number of carbonyl (C=O) groups excluding carboxylic acids is 1. The van der Waals surface area contributed by atoms with Crippen LogP contribution in [0, 0.1) is 23.7 Å². The van der Waals surface area contributed by atoms with Crippen LogP contribution in [0.2, 0.25) is 5.02 Å². The second-order valence-electron chi connectivity index (χ2n) is 14.4. The summed E-state index contributed by atoms with van der Waals surface area (Å²) in [7, 11) is -2.38. The molecule has 49 heavy (non-hydrogen) atoms. The Labute approximate surface area is 293 Å². The summed E-state index contributed by atoms with van der Waals surface area (Å²) >= 11 is 6.45. The summed E-state index contributed by atoms with van der Waals surface area (Å²) in [6, 6.07) is 16.1. The van der Waals surface area contributed by atoms with Gasteiger partial charge < -0.3 is 14.4 Å². The third-order valence-electron chi connectivity index (χ3n) is 11.6. The van der Waals surface area contributed by atoms with Gasteiger partial charge in [0.05, 0.1) is 23.2 Å². The molecule has 1 N–H and O–H groups in total. The van der Waals surface area contributed by atoms with E-state index in [1.54, 1.807) is 44.4 Å². The number of amides is 1. The smallest absolute Gasteiger partial charge is 0.264 e. The number of methoxy groups -OCH3 is 1. The number of benzene rings is 2. The zero-order chi connectivity index (χ0) is 34.6. The fraction of sp³-hybridized carbons (Fsp3) is 0.474. The van der Waals surface area contributed by atoms with Crippen LogP contribution < -0.4 is 14.4 Å². The predicted octanol–water partition coefficient (Wildman–Crippen LogP) is 6.96. The first-order valence-corrected chi connectivity index (χ1v) is 19.1. The molecule has 11 heteroatoms. The largest absolute Gasteiger partial charge is 0.490 e. The van der Waals surface area contributed by atoms with Gasteiger partial charge in [-0.15, -0.1) is 0 Å². The number of nitrogens with one attached hydrogen (secondary N) is 1. The first-order valence-electron chi connectivity index (χ1n) is 17.2. The maximum atomic E-state index is 14.7. The molecule has 2 aliphatic heterocycles. The lowest BCUT2D eigenvalue weighted by Crippen LogP contribution is -2.52. The Morgan fingerprint density at radius 3 is 2.71 bits per heavy atom. The summed E-state index contributed by atoms with van der Waals surface area (Å²) in [6.45, 7) is 5.15. The van der Waals surface area contributed by atoms with Gasteiger partial charge in [0.25, 0.3) is 5.91 Å². The first kappa shape index (κ1) is 34.0. The molecular formula is C38H43ClFN3O5S. The molecule has 1 amide bonds. The molecule has 3 aromatic rings. The summed E-state index contributed by atoms with van der Waals surface area (Å²) in [5.41, 5.74) is 2.55. The number of carbonyl (C=O) groups is 1. The van der Waals surface area contributed by atoms with Crippen molar-refractivity contribution in [3.05, 3.63) is 100 Å².